The highest BCUT2D eigenvalue weighted by atomic mass is 15.2. The van der Waals surface area contributed by atoms with Crippen molar-refractivity contribution in [3.8, 4) is 0 Å². The van der Waals surface area contributed by atoms with Crippen LogP contribution < -0.4 is 0 Å². The molecule has 0 amide bonds. The Hall–Kier alpha value is -0.820. The van der Waals surface area contributed by atoms with Gasteiger partial charge >= 0.3 is 0 Å². The molecule has 1 saturated heterocycles. The molecule has 2 aliphatic rings. The summed E-state index contributed by atoms with van der Waals surface area (Å²) in [6.07, 6.45) is 8.48. The van der Waals surface area contributed by atoms with E-state index in [0.29, 0.717) is 5.54 Å². The van der Waals surface area contributed by atoms with E-state index >= 15 is 0 Å². The molecule has 3 rings (SSSR count). The van der Waals surface area contributed by atoms with E-state index in [1.807, 2.05) is 0 Å². The minimum absolute atomic E-state index is 0.368. The van der Waals surface area contributed by atoms with Crippen molar-refractivity contribution < 1.29 is 0 Å². The number of fused-ring (bicyclic) bond motifs is 1. The minimum atomic E-state index is 0.368. The van der Waals surface area contributed by atoms with Crippen LogP contribution in [0.4, 0.5) is 0 Å². The van der Waals surface area contributed by atoms with E-state index in [1.165, 1.54) is 51.6 Å². The number of nitrogens with zero attached hydrogens (tertiary/aromatic N) is 1. The fourth-order valence-corrected chi connectivity index (χ4v) is 4.49. The smallest absolute Gasteiger partial charge is 0.0488 e. The summed E-state index contributed by atoms with van der Waals surface area (Å²) in [5.74, 6) is 0.891. The Balaban J connectivity index is 2.05. The number of rotatable bonds is 2. The van der Waals surface area contributed by atoms with Crippen LogP contribution in [0.3, 0.4) is 0 Å². The number of likely N-dealkylation sites (tertiary alicyclic amines) is 1. The van der Waals surface area contributed by atoms with Crippen molar-refractivity contribution >= 4 is 0 Å². The van der Waals surface area contributed by atoms with Crippen LogP contribution in [-0.4, -0.2) is 18.0 Å². The predicted octanol–water partition coefficient (Wildman–Crippen LogP) is 4.19. The Morgan fingerprint density at radius 3 is 2.67 bits per heavy atom. The molecule has 0 unspecified atom stereocenters. The van der Waals surface area contributed by atoms with Crippen molar-refractivity contribution in [1.29, 1.82) is 0 Å². The molecule has 1 aromatic carbocycles. The Kier molecular flexibility index (Phi) is 3.43. The van der Waals surface area contributed by atoms with Gasteiger partial charge in [-0.25, -0.2) is 0 Å². The van der Waals surface area contributed by atoms with Crippen LogP contribution in [0.1, 0.15) is 51.0 Å². The molecule has 1 heteroatoms. The van der Waals surface area contributed by atoms with Crippen LogP contribution in [0.5, 0.6) is 0 Å². The van der Waals surface area contributed by atoms with Crippen LogP contribution in [0.15, 0.2) is 30.3 Å². The maximum atomic E-state index is 2.77. The summed E-state index contributed by atoms with van der Waals surface area (Å²) in [4.78, 5) is 2.77. The molecule has 0 bridgehead atoms. The monoisotopic (exact) mass is 243 g/mol. The fourth-order valence-electron chi connectivity index (χ4n) is 4.49. The topological polar surface area (TPSA) is 3.24 Å². The third-order valence-electron chi connectivity index (χ3n) is 5.24. The quantitative estimate of drug-likeness (QED) is 0.753. The Morgan fingerprint density at radius 2 is 1.89 bits per heavy atom. The molecule has 0 spiro atoms. The molecule has 0 radical (unpaired) electrons. The van der Waals surface area contributed by atoms with E-state index < -0.39 is 0 Å². The van der Waals surface area contributed by atoms with Crippen molar-refractivity contribution in [2.45, 2.75) is 51.0 Å². The molecule has 1 saturated carbocycles. The van der Waals surface area contributed by atoms with Gasteiger partial charge < -0.3 is 0 Å². The largest absolute Gasteiger partial charge is 0.294 e. The predicted molar refractivity (Wildman–Crippen MR) is 76.6 cm³/mol. The number of benzene rings is 1. The second-order valence-corrected chi connectivity index (χ2v) is 5.95. The lowest BCUT2D eigenvalue weighted by Gasteiger charge is -2.55. The zero-order chi connectivity index (χ0) is 12.4. The highest BCUT2D eigenvalue weighted by molar-refractivity contribution is 5.27. The summed E-state index contributed by atoms with van der Waals surface area (Å²) in [6, 6.07) is 11.3. The Bertz CT molecular complexity index is 375. The molecule has 0 N–H and O–H groups in total. The molecule has 1 aromatic rings. The van der Waals surface area contributed by atoms with Gasteiger partial charge in [0.15, 0.2) is 0 Å². The summed E-state index contributed by atoms with van der Waals surface area (Å²) in [7, 11) is 0. The standard InChI is InChI=1S/C17H25N/c1-2-18-14-8-12-16-11-6-7-13-17(16,18)15-9-4-3-5-10-15/h3-5,9-10,16H,2,6-8,11-14H2,1H3/t16-,17-/m1/s1. The lowest BCUT2D eigenvalue weighted by molar-refractivity contribution is -0.0362. The maximum absolute atomic E-state index is 2.77. The van der Waals surface area contributed by atoms with Gasteiger partial charge in [-0.1, -0.05) is 50.1 Å². The third-order valence-corrected chi connectivity index (χ3v) is 5.24. The van der Waals surface area contributed by atoms with Crippen LogP contribution in [0, 0.1) is 5.92 Å². The summed E-state index contributed by atoms with van der Waals surface area (Å²) < 4.78 is 0. The molecular formula is C17H25N. The van der Waals surface area contributed by atoms with Gasteiger partial charge in [-0.3, -0.25) is 4.90 Å². The molecule has 2 atom stereocenters. The van der Waals surface area contributed by atoms with Gasteiger partial charge in [-0.05, 0) is 50.3 Å². The van der Waals surface area contributed by atoms with Gasteiger partial charge in [0.2, 0.25) is 0 Å². The average molecular weight is 243 g/mol. The molecule has 2 fully saturated rings. The molecule has 1 heterocycles. The molecule has 1 nitrogen and oxygen atoms in total. The van der Waals surface area contributed by atoms with Gasteiger partial charge in [0.25, 0.3) is 0 Å². The third kappa shape index (κ3) is 1.80. The van der Waals surface area contributed by atoms with Gasteiger partial charge in [0.1, 0.15) is 0 Å². The van der Waals surface area contributed by atoms with Crippen LogP contribution >= 0.6 is 0 Å². The minimum Gasteiger partial charge on any atom is -0.294 e. The van der Waals surface area contributed by atoms with Gasteiger partial charge in [-0.2, -0.15) is 0 Å². The van der Waals surface area contributed by atoms with Gasteiger partial charge in [-0.15, -0.1) is 0 Å². The summed E-state index contributed by atoms with van der Waals surface area (Å²) in [6.45, 7) is 4.83. The first kappa shape index (κ1) is 12.2. The van der Waals surface area contributed by atoms with E-state index in [2.05, 4.69) is 42.2 Å². The normalized spacial score (nSPS) is 33.1. The Labute approximate surface area is 111 Å². The zero-order valence-electron chi connectivity index (χ0n) is 11.6. The molecule has 1 aliphatic heterocycles. The highest BCUT2D eigenvalue weighted by Gasteiger charge is 2.47. The van der Waals surface area contributed by atoms with Crippen LogP contribution in [-0.2, 0) is 5.54 Å². The lowest BCUT2D eigenvalue weighted by atomic mass is 9.64. The first-order chi connectivity index (χ1) is 8.88. The first-order valence-corrected chi connectivity index (χ1v) is 7.68. The molecule has 18 heavy (non-hydrogen) atoms. The van der Waals surface area contributed by atoms with E-state index in [4.69, 9.17) is 0 Å². The van der Waals surface area contributed by atoms with Crippen molar-refractivity contribution in [1.82, 2.24) is 4.90 Å². The Morgan fingerprint density at radius 1 is 1.11 bits per heavy atom. The van der Waals surface area contributed by atoms with E-state index in [9.17, 15) is 0 Å². The second kappa shape index (κ2) is 5.05. The van der Waals surface area contributed by atoms with Crippen molar-refractivity contribution in [3.63, 3.8) is 0 Å². The van der Waals surface area contributed by atoms with E-state index in [1.54, 1.807) is 5.56 Å². The first-order valence-electron chi connectivity index (χ1n) is 7.68. The second-order valence-electron chi connectivity index (χ2n) is 5.95. The fraction of sp³-hybridized carbons (Fsp3) is 0.647. The van der Waals surface area contributed by atoms with Gasteiger partial charge in [0, 0.05) is 5.54 Å². The summed E-state index contributed by atoms with van der Waals surface area (Å²) in [5, 5.41) is 0. The molecule has 0 aromatic heterocycles. The zero-order valence-corrected chi connectivity index (χ0v) is 11.6. The molecule has 98 valence electrons. The molecular weight excluding hydrogens is 218 g/mol. The average Bonchev–Trinajstić information content (AvgIpc) is 2.47. The van der Waals surface area contributed by atoms with Crippen molar-refractivity contribution in [2.75, 3.05) is 13.1 Å². The van der Waals surface area contributed by atoms with Gasteiger partial charge in [0.05, 0.1) is 0 Å². The van der Waals surface area contributed by atoms with Crippen molar-refractivity contribution in [3.05, 3.63) is 35.9 Å². The van der Waals surface area contributed by atoms with Crippen LogP contribution in [0.2, 0.25) is 0 Å². The maximum Gasteiger partial charge on any atom is 0.0488 e. The SMILES string of the molecule is CCN1CCC[C@H]2CCCC[C@@]21c1ccccc1. The van der Waals surface area contributed by atoms with Crippen LogP contribution in [0.25, 0.3) is 0 Å². The lowest BCUT2D eigenvalue weighted by Crippen LogP contribution is -2.55. The summed E-state index contributed by atoms with van der Waals surface area (Å²) >= 11 is 0. The highest BCUT2D eigenvalue weighted by Crippen LogP contribution is 2.50. The number of piperidine rings is 1. The molecule has 1 aliphatic carbocycles. The number of hydrogen-bond acceptors (Lipinski definition) is 1. The van der Waals surface area contributed by atoms with E-state index in [0.717, 1.165) is 5.92 Å². The van der Waals surface area contributed by atoms with Crippen molar-refractivity contribution in [2.24, 2.45) is 5.92 Å². The summed E-state index contributed by atoms with van der Waals surface area (Å²) in [5.41, 5.74) is 1.95. The number of hydrogen-bond donors (Lipinski definition) is 0. The van der Waals surface area contributed by atoms with E-state index in [-0.39, 0.29) is 0 Å².